The van der Waals surface area contributed by atoms with Crippen LogP contribution in [0.3, 0.4) is 0 Å². The van der Waals surface area contributed by atoms with Gasteiger partial charge in [0.05, 0.1) is 25.6 Å². The number of carboxylic acids is 1. The smallest absolute Gasteiger partial charge is 0.416 e. The van der Waals surface area contributed by atoms with E-state index in [-0.39, 0.29) is 0 Å². The number of hydrogen-bond donors (Lipinski definition) is 1. The molecule has 21 heavy (non-hydrogen) atoms. The topological polar surface area (TPSA) is 76.1 Å². The van der Waals surface area contributed by atoms with E-state index in [0.717, 1.165) is 4.90 Å². The lowest BCUT2D eigenvalue weighted by molar-refractivity contribution is -0.241. The fourth-order valence-electron chi connectivity index (χ4n) is 1.81. The van der Waals surface area contributed by atoms with Gasteiger partial charge in [-0.15, -0.1) is 0 Å². The maximum Gasteiger partial charge on any atom is 0.416 e. The lowest BCUT2D eigenvalue weighted by atomic mass is 10.1. The van der Waals surface area contributed by atoms with Crippen LogP contribution in [0.25, 0.3) is 0 Å². The van der Waals surface area contributed by atoms with Crippen LogP contribution >= 0.6 is 0 Å². The van der Waals surface area contributed by atoms with Gasteiger partial charge in [-0.1, -0.05) is 0 Å². The number of carbonyl (C=O) groups is 2. The van der Waals surface area contributed by atoms with E-state index in [0.29, 0.717) is 0 Å². The highest BCUT2D eigenvalue weighted by Gasteiger charge is 2.47. The fourth-order valence-corrected chi connectivity index (χ4v) is 1.81. The van der Waals surface area contributed by atoms with E-state index in [1.807, 2.05) is 0 Å². The molecule has 122 valence electrons. The molecule has 1 amide bonds. The fraction of sp³-hybridized carbons (Fsp3) is 0.833. The number of halogens is 3. The molecule has 0 spiro atoms. The average molecular weight is 313 g/mol. The zero-order chi connectivity index (χ0) is 16.4. The molecule has 9 heteroatoms. The van der Waals surface area contributed by atoms with Crippen LogP contribution in [0.1, 0.15) is 27.2 Å². The first-order chi connectivity index (χ1) is 9.40. The average Bonchev–Trinajstić information content (AvgIpc) is 2.24. The minimum atomic E-state index is -4.63. The molecule has 0 aromatic carbocycles. The molecule has 0 bridgehead atoms. The molecule has 6 nitrogen and oxygen atoms in total. The Kier molecular flexibility index (Phi) is 5.08. The molecule has 1 fully saturated rings. The number of rotatable bonds is 2. The number of carboxylic acid groups (broad SMARTS) is 1. The number of hydrogen-bond acceptors (Lipinski definition) is 4. The van der Waals surface area contributed by atoms with E-state index in [2.05, 4.69) is 4.74 Å². The first kappa shape index (κ1) is 17.5. The van der Waals surface area contributed by atoms with Crippen LogP contribution in [0.2, 0.25) is 0 Å². The molecule has 1 aliphatic rings. The minimum absolute atomic E-state index is 0.504. The molecular formula is C12H18F3NO5. The molecule has 0 aromatic heterocycles. The number of carbonyl (C=O) groups excluding carboxylic acids is 1. The van der Waals surface area contributed by atoms with Gasteiger partial charge < -0.3 is 14.6 Å². The Bertz CT molecular complexity index is 405. The van der Waals surface area contributed by atoms with Crippen molar-refractivity contribution in [3.63, 3.8) is 0 Å². The zero-order valence-electron chi connectivity index (χ0n) is 11.9. The Labute approximate surface area is 119 Å². The van der Waals surface area contributed by atoms with Crippen LogP contribution in [0.5, 0.6) is 0 Å². The predicted molar refractivity (Wildman–Crippen MR) is 64.8 cm³/mol. The number of amides is 1. The van der Waals surface area contributed by atoms with Gasteiger partial charge in [0.25, 0.3) is 0 Å². The second kappa shape index (κ2) is 6.08. The summed E-state index contributed by atoms with van der Waals surface area (Å²) in [5.74, 6) is -1.23. The van der Waals surface area contributed by atoms with Crippen molar-refractivity contribution < 1.29 is 37.3 Å². The maximum atomic E-state index is 12.7. The number of ether oxygens (including phenoxy) is 2. The van der Waals surface area contributed by atoms with Crippen LogP contribution in [0.15, 0.2) is 0 Å². The molecule has 0 aromatic rings. The maximum absolute atomic E-state index is 12.7. The molecule has 1 rings (SSSR count). The van der Waals surface area contributed by atoms with E-state index >= 15 is 0 Å². The Morgan fingerprint density at radius 3 is 2.33 bits per heavy atom. The highest BCUT2D eigenvalue weighted by molar-refractivity contribution is 5.72. The normalized spacial score (nSPS) is 23.8. The quantitative estimate of drug-likeness (QED) is 0.844. The Morgan fingerprint density at radius 2 is 1.90 bits per heavy atom. The summed E-state index contributed by atoms with van der Waals surface area (Å²) in [6, 6.07) is -0.990. The Morgan fingerprint density at radius 1 is 1.33 bits per heavy atom. The third kappa shape index (κ3) is 5.41. The van der Waals surface area contributed by atoms with Crippen molar-refractivity contribution in [1.82, 2.24) is 4.90 Å². The Balaban J connectivity index is 2.87. The molecule has 0 aliphatic carbocycles. The van der Waals surface area contributed by atoms with E-state index in [1.165, 1.54) is 0 Å². The summed E-state index contributed by atoms with van der Waals surface area (Å²) < 4.78 is 47.7. The second-order valence-electron chi connectivity index (χ2n) is 5.75. The van der Waals surface area contributed by atoms with Crippen molar-refractivity contribution in [3.8, 4) is 0 Å². The van der Waals surface area contributed by atoms with Gasteiger partial charge in [-0.05, 0) is 20.8 Å². The second-order valence-corrected chi connectivity index (χ2v) is 5.75. The van der Waals surface area contributed by atoms with Crippen molar-refractivity contribution in [2.45, 2.75) is 51.1 Å². The predicted octanol–water partition coefficient (Wildman–Crippen LogP) is 2.03. The van der Waals surface area contributed by atoms with Crippen LogP contribution in [0.4, 0.5) is 18.0 Å². The number of alkyl halides is 3. The van der Waals surface area contributed by atoms with E-state index in [9.17, 15) is 22.8 Å². The number of morpholine rings is 1. The summed E-state index contributed by atoms with van der Waals surface area (Å²) in [5, 5.41) is 8.77. The molecule has 1 heterocycles. The molecule has 1 saturated heterocycles. The molecule has 1 N–H and O–H groups in total. The van der Waals surface area contributed by atoms with Crippen molar-refractivity contribution >= 4 is 12.1 Å². The Hall–Kier alpha value is -1.51. The third-order valence-electron chi connectivity index (χ3n) is 2.70. The summed E-state index contributed by atoms with van der Waals surface area (Å²) >= 11 is 0. The van der Waals surface area contributed by atoms with Crippen molar-refractivity contribution in [3.05, 3.63) is 0 Å². The van der Waals surface area contributed by atoms with E-state index in [1.54, 1.807) is 20.8 Å². The third-order valence-corrected chi connectivity index (χ3v) is 2.70. The van der Waals surface area contributed by atoms with Crippen LogP contribution in [-0.4, -0.2) is 59.1 Å². The van der Waals surface area contributed by atoms with Crippen LogP contribution in [-0.2, 0) is 14.3 Å². The van der Waals surface area contributed by atoms with Gasteiger partial charge in [0.15, 0.2) is 6.10 Å². The first-order valence-corrected chi connectivity index (χ1v) is 6.30. The molecule has 2 atom stereocenters. The highest BCUT2D eigenvalue weighted by atomic mass is 19.4. The van der Waals surface area contributed by atoms with Crippen molar-refractivity contribution in [2.24, 2.45) is 0 Å². The van der Waals surface area contributed by atoms with E-state index < -0.39 is 55.6 Å². The van der Waals surface area contributed by atoms with E-state index in [4.69, 9.17) is 9.84 Å². The molecule has 1 aliphatic heterocycles. The summed E-state index contributed by atoms with van der Waals surface area (Å²) in [7, 11) is 0. The van der Waals surface area contributed by atoms with Gasteiger partial charge in [0, 0.05) is 0 Å². The summed E-state index contributed by atoms with van der Waals surface area (Å²) in [6.07, 6.45) is -8.26. The molecule has 0 saturated carbocycles. The van der Waals surface area contributed by atoms with Gasteiger partial charge in [-0.25, -0.2) is 4.79 Å². The lowest BCUT2D eigenvalue weighted by Gasteiger charge is -2.39. The van der Waals surface area contributed by atoms with Crippen molar-refractivity contribution in [1.29, 1.82) is 0 Å². The summed E-state index contributed by atoms with van der Waals surface area (Å²) in [4.78, 5) is 23.5. The summed E-state index contributed by atoms with van der Waals surface area (Å²) in [6.45, 7) is 3.42. The SMILES string of the molecule is CC(C)(C)OC(=O)N1CC(C(F)(F)F)OCC1CC(=O)O. The van der Waals surface area contributed by atoms with Gasteiger partial charge in [-0.3, -0.25) is 9.69 Å². The largest absolute Gasteiger partial charge is 0.481 e. The van der Waals surface area contributed by atoms with Gasteiger partial charge in [0.2, 0.25) is 0 Å². The van der Waals surface area contributed by atoms with Crippen molar-refractivity contribution in [2.75, 3.05) is 13.2 Å². The van der Waals surface area contributed by atoms with Gasteiger partial charge >= 0.3 is 18.2 Å². The summed E-state index contributed by atoms with van der Waals surface area (Å²) in [5.41, 5.74) is -0.892. The number of aliphatic carboxylic acids is 1. The first-order valence-electron chi connectivity index (χ1n) is 6.30. The highest BCUT2D eigenvalue weighted by Crippen LogP contribution is 2.29. The van der Waals surface area contributed by atoms with Crippen LogP contribution < -0.4 is 0 Å². The lowest BCUT2D eigenvalue weighted by Crippen LogP contribution is -2.57. The molecule has 0 radical (unpaired) electrons. The van der Waals surface area contributed by atoms with Gasteiger partial charge in [-0.2, -0.15) is 13.2 Å². The standard InChI is InChI=1S/C12H18F3NO5/c1-11(2,3)21-10(19)16-5-8(12(13,14)15)20-6-7(16)4-9(17)18/h7-8H,4-6H2,1-3H3,(H,17,18). The minimum Gasteiger partial charge on any atom is -0.481 e. The molecule has 2 unspecified atom stereocenters. The monoisotopic (exact) mass is 313 g/mol. The van der Waals surface area contributed by atoms with Gasteiger partial charge in [0.1, 0.15) is 5.60 Å². The zero-order valence-corrected chi connectivity index (χ0v) is 11.9. The van der Waals surface area contributed by atoms with Crippen LogP contribution in [0, 0.1) is 0 Å². The number of nitrogens with zero attached hydrogens (tertiary/aromatic N) is 1. The molecular weight excluding hydrogens is 295 g/mol.